The second-order valence-electron chi connectivity index (χ2n) is 6.76. The number of oxazole rings is 1. The molecule has 4 nitrogen and oxygen atoms in total. The van der Waals surface area contributed by atoms with E-state index in [1.807, 2.05) is 19.1 Å². The molecule has 0 spiro atoms. The molecule has 0 saturated heterocycles. The Morgan fingerprint density at radius 1 is 1.25 bits per heavy atom. The number of aryl methyl sites for hydroxylation is 2. The number of nitrogens with zero attached hydrogens (tertiary/aromatic N) is 1. The van der Waals surface area contributed by atoms with Gasteiger partial charge in [0.05, 0.1) is 12.7 Å². The summed E-state index contributed by atoms with van der Waals surface area (Å²) >= 11 is 0. The number of benzene rings is 1. The summed E-state index contributed by atoms with van der Waals surface area (Å²) in [5.41, 5.74) is 3.06. The number of carbonyl (C=O) groups is 1. The van der Waals surface area contributed by atoms with Gasteiger partial charge < -0.3 is 13.9 Å². The van der Waals surface area contributed by atoms with Gasteiger partial charge in [0, 0.05) is 12.0 Å². The third kappa shape index (κ3) is 4.12. The molecule has 2 unspecified atom stereocenters. The molecule has 3 rings (SSSR count). The molecule has 1 aliphatic rings. The second-order valence-corrected chi connectivity index (χ2v) is 6.76. The SMILES string of the molecule is Cc1ccc(-c2nc(COC3CCCC(CC=O)C3)c(C)o2)cc1. The van der Waals surface area contributed by atoms with Crippen molar-refractivity contribution >= 4 is 6.29 Å². The molecule has 128 valence electrons. The molecule has 2 atom stereocenters. The maximum atomic E-state index is 10.7. The molecular formula is C20H25NO3. The quantitative estimate of drug-likeness (QED) is 0.726. The number of rotatable bonds is 6. The summed E-state index contributed by atoms with van der Waals surface area (Å²) < 4.78 is 11.9. The molecule has 0 N–H and O–H groups in total. The fraction of sp³-hybridized carbons (Fsp3) is 0.500. The zero-order chi connectivity index (χ0) is 16.9. The third-order valence-corrected chi connectivity index (χ3v) is 4.81. The Hall–Kier alpha value is -1.94. The molecule has 1 aliphatic carbocycles. The normalized spacial score (nSPS) is 20.9. The highest BCUT2D eigenvalue weighted by Gasteiger charge is 2.23. The van der Waals surface area contributed by atoms with E-state index in [9.17, 15) is 4.79 Å². The van der Waals surface area contributed by atoms with Crippen molar-refractivity contribution < 1.29 is 13.9 Å². The predicted octanol–water partition coefficient (Wildman–Crippen LogP) is 4.62. The molecule has 0 radical (unpaired) electrons. The minimum atomic E-state index is 0.225. The van der Waals surface area contributed by atoms with E-state index >= 15 is 0 Å². The van der Waals surface area contributed by atoms with Crippen LogP contribution in [0.25, 0.3) is 11.5 Å². The van der Waals surface area contributed by atoms with Gasteiger partial charge in [0.15, 0.2) is 0 Å². The van der Waals surface area contributed by atoms with Crippen molar-refractivity contribution in [3.05, 3.63) is 41.3 Å². The average molecular weight is 327 g/mol. The van der Waals surface area contributed by atoms with Crippen molar-refractivity contribution in [3.63, 3.8) is 0 Å². The van der Waals surface area contributed by atoms with Crippen molar-refractivity contribution in [2.45, 2.75) is 58.7 Å². The van der Waals surface area contributed by atoms with Crippen LogP contribution in [-0.2, 0) is 16.1 Å². The molecule has 1 saturated carbocycles. The first-order valence-electron chi connectivity index (χ1n) is 8.74. The molecule has 0 aliphatic heterocycles. The van der Waals surface area contributed by atoms with Gasteiger partial charge in [0.2, 0.25) is 5.89 Å². The summed E-state index contributed by atoms with van der Waals surface area (Å²) in [5.74, 6) is 1.93. The molecular weight excluding hydrogens is 302 g/mol. The van der Waals surface area contributed by atoms with Crippen LogP contribution in [0.1, 0.15) is 49.1 Å². The summed E-state index contributed by atoms with van der Waals surface area (Å²) in [5, 5.41) is 0. The van der Waals surface area contributed by atoms with Crippen LogP contribution >= 0.6 is 0 Å². The zero-order valence-electron chi connectivity index (χ0n) is 14.5. The summed E-state index contributed by atoms with van der Waals surface area (Å²) in [7, 11) is 0. The summed E-state index contributed by atoms with van der Waals surface area (Å²) in [6, 6.07) is 8.16. The van der Waals surface area contributed by atoms with Crippen LogP contribution in [0, 0.1) is 19.8 Å². The summed E-state index contributed by atoms with van der Waals surface area (Å²) in [4.78, 5) is 15.3. The maximum absolute atomic E-state index is 10.7. The van der Waals surface area contributed by atoms with E-state index in [-0.39, 0.29) is 6.10 Å². The van der Waals surface area contributed by atoms with Crippen LogP contribution in [-0.4, -0.2) is 17.4 Å². The molecule has 4 heteroatoms. The first kappa shape index (κ1) is 16.9. The van der Waals surface area contributed by atoms with E-state index in [4.69, 9.17) is 9.15 Å². The molecule has 1 heterocycles. The lowest BCUT2D eigenvalue weighted by atomic mass is 9.85. The Kier molecular flexibility index (Phi) is 5.46. The van der Waals surface area contributed by atoms with Crippen LogP contribution < -0.4 is 0 Å². The van der Waals surface area contributed by atoms with Crippen molar-refractivity contribution in [1.29, 1.82) is 0 Å². The Bertz CT molecular complexity index is 675. The lowest BCUT2D eigenvalue weighted by Gasteiger charge is -2.27. The fourth-order valence-electron chi connectivity index (χ4n) is 3.32. The zero-order valence-corrected chi connectivity index (χ0v) is 14.5. The molecule has 2 aromatic rings. The highest BCUT2D eigenvalue weighted by molar-refractivity contribution is 5.54. The maximum Gasteiger partial charge on any atom is 0.226 e. The number of aromatic nitrogens is 1. The Morgan fingerprint density at radius 3 is 2.79 bits per heavy atom. The lowest BCUT2D eigenvalue weighted by Crippen LogP contribution is -2.23. The Balaban J connectivity index is 1.61. The van der Waals surface area contributed by atoms with Gasteiger partial charge in [-0.2, -0.15) is 0 Å². The first-order valence-corrected chi connectivity index (χ1v) is 8.74. The molecule has 0 amide bonds. The lowest BCUT2D eigenvalue weighted by molar-refractivity contribution is -0.109. The van der Waals surface area contributed by atoms with Gasteiger partial charge in [-0.15, -0.1) is 0 Å². The van der Waals surface area contributed by atoms with Gasteiger partial charge in [-0.1, -0.05) is 24.1 Å². The smallest absolute Gasteiger partial charge is 0.226 e. The van der Waals surface area contributed by atoms with Crippen LogP contribution in [0.3, 0.4) is 0 Å². The van der Waals surface area contributed by atoms with E-state index in [2.05, 4.69) is 24.0 Å². The van der Waals surface area contributed by atoms with Gasteiger partial charge in [0.1, 0.15) is 17.7 Å². The number of ether oxygens (including phenoxy) is 1. The van der Waals surface area contributed by atoms with E-state index in [1.165, 1.54) is 5.56 Å². The van der Waals surface area contributed by atoms with Crippen LogP contribution in [0.2, 0.25) is 0 Å². The highest BCUT2D eigenvalue weighted by Crippen LogP contribution is 2.29. The minimum Gasteiger partial charge on any atom is -0.441 e. The number of aldehydes is 1. The average Bonchev–Trinajstić information content (AvgIpc) is 2.95. The van der Waals surface area contributed by atoms with Gasteiger partial charge in [-0.05, 0) is 51.2 Å². The summed E-state index contributed by atoms with van der Waals surface area (Å²) in [6.07, 6.45) is 6.22. The fourth-order valence-corrected chi connectivity index (χ4v) is 3.32. The molecule has 0 bridgehead atoms. The molecule has 1 aromatic carbocycles. The standard InChI is InChI=1S/C20H25NO3/c1-14-6-8-17(9-7-14)20-21-19(15(2)24-20)13-23-18-5-3-4-16(12-18)10-11-22/h6-9,11,16,18H,3-5,10,12-13H2,1-2H3. The Labute approximate surface area is 143 Å². The van der Waals surface area contributed by atoms with Crippen molar-refractivity contribution in [2.75, 3.05) is 0 Å². The monoisotopic (exact) mass is 327 g/mol. The minimum absolute atomic E-state index is 0.225. The van der Waals surface area contributed by atoms with Crippen LogP contribution in [0.5, 0.6) is 0 Å². The Morgan fingerprint density at radius 2 is 2.04 bits per heavy atom. The van der Waals surface area contributed by atoms with Gasteiger partial charge in [-0.3, -0.25) is 0 Å². The number of hydrogen-bond donors (Lipinski definition) is 0. The molecule has 1 fully saturated rings. The second kappa shape index (κ2) is 7.75. The van der Waals surface area contributed by atoms with Crippen LogP contribution in [0.4, 0.5) is 0 Å². The van der Waals surface area contributed by atoms with Crippen molar-refractivity contribution in [1.82, 2.24) is 4.98 Å². The van der Waals surface area contributed by atoms with Gasteiger partial charge in [0.25, 0.3) is 0 Å². The third-order valence-electron chi connectivity index (χ3n) is 4.81. The van der Waals surface area contributed by atoms with E-state index in [0.29, 0.717) is 24.8 Å². The van der Waals surface area contributed by atoms with Gasteiger partial charge in [-0.25, -0.2) is 4.98 Å². The van der Waals surface area contributed by atoms with Crippen molar-refractivity contribution in [3.8, 4) is 11.5 Å². The number of carbonyl (C=O) groups excluding carboxylic acids is 1. The molecule has 1 aromatic heterocycles. The molecule has 24 heavy (non-hydrogen) atoms. The topological polar surface area (TPSA) is 52.3 Å². The predicted molar refractivity (Wildman–Crippen MR) is 92.6 cm³/mol. The first-order chi connectivity index (χ1) is 11.7. The van der Waals surface area contributed by atoms with Crippen molar-refractivity contribution in [2.24, 2.45) is 5.92 Å². The largest absolute Gasteiger partial charge is 0.441 e. The van der Waals surface area contributed by atoms with Crippen LogP contribution in [0.15, 0.2) is 28.7 Å². The number of hydrogen-bond acceptors (Lipinski definition) is 4. The highest BCUT2D eigenvalue weighted by atomic mass is 16.5. The summed E-state index contributed by atoms with van der Waals surface area (Å²) in [6.45, 7) is 4.46. The van der Waals surface area contributed by atoms with E-state index < -0.39 is 0 Å². The van der Waals surface area contributed by atoms with E-state index in [0.717, 1.165) is 49.0 Å². The van der Waals surface area contributed by atoms with E-state index in [1.54, 1.807) is 0 Å². The van der Waals surface area contributed by atoms with Gasteiger partial charge >= 0.3 is 0 Å².